The van der Waals surface area contributed by atoms with Gasteiger partial charge in [0.2, 0.25) is 0 Å². The lowest BCUT2D eigenvalue weighted by atomic mass is 9.94. The molecule has 0 amide bonds. The van der Waals surface area contributed by atoms with Gasteiger partial charge >= 0.3 is 0 Å². The molecule has 2 N–H and O–H groups in total. The highest BCUT2D eigenvalue weighted by Gasteiger charge is 2.94. The van der Waals surface area contributed by atoms with Crippen LogP contribution in [0.4, 0.5) is 0 Å². The number of halogens is 1. The molecule has 2 fully saturated rings. The highest BCUT2D eigenvalue weighted by Crippen LogP contribution is 2.82. The number of hydrogen-bond donors (Lipinski definition) is 1. The van der Waals surface area contributed by atoms with Crippen molar-refractivity contribution in [1.29, 1.82) is 10.5 Å². The number of benzene rings is 1. The summed E-state index contributed by atoms with van der Waals surface area (Å²) in [5.41, 5.74) is 4.43. The lowest BCUT2D eigenvalue weighted by Crippen LogP contribution is -2.38. The van der Waals surface area contributed by atoms with Gasteiger partial charge in [-0.05, 0) is 11.6 Å². The number of nitrogens with two attached hydrogens (primary N) is 1. The second-order valence-corrected chi connectivity index (χ2v) is 6.42. The zero-order chi connectivity index (χ0) is 15.6. The Morgan fingerprint density at radius 2 is 1.91 bits per heavy atom. The number of fused-ring (bicyclic) bond motifs is 2. The third kappa shape index (κ3) is 1.17. The topological polar surface area (TPSA) is 104 Å². The van der Waals surface area contributed by atoms with Gasteiger partial charge in [0.1, 0.15) is 11.3 Å². The van der Waals surface area contributed by atoms with Crippen LogP contribution in [0.1, 0.15) is 11.5 Å². The number of ether oxygens (including phenoxy) is 2. The first-order chi connectivity index (χ1) is 10.6. The van der Waals surface area contributed by atoms with Crippen LogP contribution in [-0.4, -0.2) is 25.0 Å². The Balaban J connectivity index is 1.97. The Morgan fingerprint density at radius 1 is 1.23 bits per heavy atom. The summed E-state index contributed by atoms with van der Waals surface area (Å²) < 4.78 is 12.1. The molecule has 3 aliphatic rings. The quantitative estimate of drug-likeness (QED) is 0.821. The van der Waals surface area contributed by atoms with Gasteiger partial charge in [-0.3, -0.25) is 0 Å². The molecular weight excluding hydrogens is 348 g/mol. The molecule has 0 radical (unpaired) electrons. The minimum atomic E-state index is -1.47. The first kappa shape index (κ1) is 13.7. The summed E-state index contributed by atoms with van der Waals surface area (Å²) in [5, 5.41) is 19.7. The third-order valence-electron chi connectivity index (χ3n) is 4.82. The van der Waals surface area contributed by atoms with Gasteiger partial charge in [-0.25, -0.2) is 4.99 Å². The number of nitrogens with zero attached hydrogens (tertiary/aromatic N) is 3. The molecule has 1 saturated carbocycles. The zero-order valence-electron chi connectivity index (χ0n) is 11.4. The van der Waals surface area contributed by atoms with Crippen molar-refractivity contribution in [3.05, 3.63) is 34.3 Å². The van der Waals surface area contributed by atoms with E-state index in [1.807, 2.05) is 24.3 Å². The molecule has 7 heteroatoms. The highest BCUT2D eigenvalue weighted by atomic mass is 79.9. The van der Waals surface area contributed by atoms with Gasteiger partial charge in [0.25, 0.3) is 5.91 Å². The summed E-state index contributed by atoms with van der Waals surface area (Å²) >= 11 is 3.49. The molecule has 0 aromatic heterocycles. The molecule has 3 unspecified atom stereocenters. The van der Waals surface area contributed by atoms with E-state index in [1.54, 1.807) is 0 Å². The number of aliphatic imine (C=N–C) groups is 1. The fourth-order valence-electron chi connectivity index (χ4n) is 3.89. The van der Waals surface area contributed by atoms with Crippen LogP contribution in [0.15, 0.2) is 33.7 Å². The largest absolute Gasteiger partial charge is 0.386 e. The van der Waals surface area contributed by atoms with Crippen molar-refractivity contribution in [1.82, 2.24) is 0 Å². The summed E-state index contributed by atoms with van der Waals surface area (Å²) in [4.78, 5) is 4.23. The predicted molar refractivity (Wildman–Crippen MR) is 79.2 cm³/mol. The Kier molecular flexibility index (Phi) is 2.54. The van der Waals surface area contributed by atoms with E-state index in [2.05, 4.69) is 33.1 Å². The molecule has 2 heterocycles. The molecule has 0 bridgehead atoms. The van der Waals surface area contributed by atoms with Gasteiger partial charge < -0.3 is 15.2 Å². The van der Waals surface area contributed by atoms with Crippen molar-refractivity contribution in [3.8, 4) is 12.1 Å². The molecule has 1 aromatic carbocycles. The minimum absolute atomic E-state index is 0.110. The second-order valence-electron chi connectivity index (χ2n) is 5.57. The molecule has 110 valence electrons. The molecule has 4 rings (SSSR count). The average molecular weight is 359 g/mol. The Labute approximate surface area is 135 Å². The van der Waals surface area contributed by atoms with E-state index < -0.39 is 22.7 Å². The standard InChI is InChI=1S/C15H11BrN4O2/c16-10-4-2-1-3-9(10)11-13(7-17)12(19)20-15(14(11,13)8-18)21-5-6-22-15/h1-4,11H,5-6H2,(H2,19,20). The van der Waals surface area contributed by atoms with Crippen LogP contribution < -0.4 is 5.73 Å². The number of rotatable bonds is 1. The van der Waals surface area contributed by atoms with Crippen LogP contribution >= 0.6 is 15.9 Å². The molecule has 1 aromatic rings. The normalized spacial score (nSPS) is 37.2. The third-order valence-corrected chi connectivity index (χ3v) is 5.54. The smallest absolute Gasteiger partial charge is 0.293 e. The summed E-state index contributed by atoms with van der Waals surface area (Å²) in [5.74, 6) is -1.80. The molecule has 2 aliphatic heterocycles. The van der Waals surface area contributed by atoms with E-state index in [1.165, 1.54) is 0 Å². The molecule has 1 saturated heterocycles. The molecule has 1 spiro atoms. The van der Waals surface area contributed by atoms with Gasteiger partial charge in [0.15, 0.2) is 5.41 Å². The summed E-state index contributed by atoms with van der Waals surface area (Å²) in [6, 6.07) is 12.0. The molecule has 3 atom stereocenters. The van der Waals surface area contributed by atoms with Crippen molar-refractivity contribution < 1.29 is 9.47 Å². The maximum atomic E-state index is 9.92. The van der Waals surface area contributed by atoms with Crippen molar-refractivity contribution >= 4 is 21.8 Å². The van der Waals surface area contributed by atoms with Crippen LogP contribution in [0.5, 0.6) is 0 Å². The van der Waals surface area contributed by atoms with Crippen molar-refractivity contribution in [3.63, 3.8) is 0 Å². The van der Waals surface area contributed by atoms with Crippen molar-refractivity contribution in [2.75, 3.05) is 13.2 Å². The molecule has 22 heavy (non-hydrogen) atoms. The van der Waals surface area contributed by atoms with Gasteiger partial charge in [0.05, 0.1) is 25.4 Å². The summed E-state index contributed by atoms with van der Waals surface area (Å²) in [7, 11) is 0. The monoisotopic (exact) mass is 358 g/mol. The lowest BCUT2D eigenvalue weighted by Gasteiger charge is -2.25. The van der Waals surface area contributed by atoms with E-state index in [9.17, 15) is 10.5 Å². The fourth-order valence-corrected chi connectivity index (χ4v) is 4.41. The number of hydrogen-bond acceptors (Lipinski definition) is 6. The van der Waals surface area contributed by atoms with E-state index in [0.29, 0.717) is 13.2 Å². The van der Waals surface area contributed by atoms with E-state index in [0.717, 1.165) is 10.0 Å². The maximum absolute atomic E-state index is 9.92. The van der Waals surface area contributed by atoms with Crippen LogP contribution in [-0.2, 0) is 9.47 Å². The van der Waals surface area contributed by atoms with Crippen LogP contribution in [0, 0.1) is 33.5 Å². The van der Waals surface area contributed by atoms with Crippen LogP contribution in [0.25, 0.3) is 0 Å². The predicted octanol–water partition coefficient (Wildman–Crippen LogP) is 1.64. The lowest BCUT2D eigenvalue weighted by molar-refractivity contribution is -0.184. The maximum Gasteiger partial charge on any atom is 0.293 e. The Bertz CT molecular complexity index is 789. The average Bonchev–Trinajstić information content (AvgIpc) is 2.76. The van der Waals surface area contributed by atoms with Gasteiger partial charge in [-0.15, -0.1) is 0 Å². The Morgan fingerprint density at radius 3 is 2.50 bits per heavy atom. The van der Waals surface area contributed by atoms with Crippen molar-refractivity contribution in [2.24, 2.45) is 21.6 Å². The molecular formula is C15H11BrN4O2. The fraction of sp³-hybridized carbons (Fsp3) is 0.400. The molecule has 1 aliphatic carbocycles. The minimum Gasteiger partial charge on any atom is -0.386 e. The first-order valence-corrected chi connectivity index (χ1v) is 7.59. The number of nitriles is 2. The van der Waals surface area contributed by atoms with E-state index in [4.69, 9.17) is 15.2 Å². The van der Waals surface area contributed by atoms with Gasteiger partial charge in [-0.1, -0.05) is 34.1 Å². The van der Waals surface area contributed by atoms with Gasteiger partial charge in [-0.2, -0.15) is 10.5 Å². The highest BCUT2D eigenvalue weighted by molar-refractivity contribution is 9.10. The first-order valence-electron chi connectivity index (χ1n) is 6.80. The summed E-state index contributed by atoms with van der Waals surface area (Å²) in [6.45, 7) is 0.648. The van der Waals surface area contributed by atoms with Crippen LogP contribution in [0.3, 0.4) is 0 Å². The summed E-state index contributed by atoms with van der Waals surface area (Å²) in [6.07, 6.45) is 0. The van der Waals surface area contributed by atoms with E-state index >= 15 is 0 Å². The van der Waals surface area contributed by atoms with Crippen molar-refractivity contribution in [2.45, 2.75) is 11.8 Å². The number of amidine groups is 1. The van der Waals surface area contributed by atoms with Gasteiger partial charge in [0, 0.05) is 10.4 Å². The SMILES string of the molecule is N#CC12C(N)=NC3(OCCO3)C1(C#N)C2c1ccccc1Br. The van der Waals surface area contributed by atoms with E-state index in [-0.39, 0.29) is 5.84 Å². The zero-order valence-corrected chi connectivity index (χ0v) is 13.0. The Hall–Kier alpha value is -1.93. The molecule has 6 nitrogen and oxygen atoms in total. The second kappa shape index (κ2) is 4.08. The van der Waals surface area contributed by atoms with Crippen LogP contribution in [0.2, 0.25) is 0 Å².